The van der Waals surface area contributed by atoms with Crippen LogP contribution in [-0.4, -0.2) is 16.0 Å². The third-order valence-corrected chi connectivity index (χ3v) is 0.333. The van der Waals surface area contributed by atoms with Gasteiger partial charge in [-0.15, -0.1) is 4.39 Å². The van der Waals surface area contributed by atoms with E-state index in [0.29, 0.717) is 6.92 Å². The van der Waals surface area contributed by atoms with Crippen LogP contribution in [0.3, 0.4) is 0 Å². The van der Waals surface area contributed by atoms with Gasteiger partial charge in [0.2, 0.25) is 0 Å². The summed E-state index contributed by atoms with van der Waals surface area (Å²) in [5.41, 5.74) is 0. The van der Waals surface area contributed by atoms with Gasteiger partial charge in [0.05, 0.1) is 11.8 Å². The third kappa shape index (κ3) is 2.05. The van der Waals surface area contributed by atoms with Gasteiger partial charge in [-0.25, -0.2) is 0 Å². The fourth-order valence-corrected chi connectivity index (χ4v) is 0. The maximum absolute atomic E-state index is 11.4. The second-order valence-electron chi connectivity index (χ2n) is 1.16. The highest BCUT2D eigenvalue weighted by molar-refractivity contribution is 4.30. The Kier molecular flexibility index (Phi) is 1.27. The van der Waals surface area contributed by atoms with E-state index >= 15 is 0 Å². The molecule has 0 rings (SSSR count). The predicted octanol–water partition coefficient (Wildman–Crippen LogP) is -0.101. The minimum absolute atomic E-state index is 0.451. The number of hydrogen-bond donors (Lipinski definition) is 1. The van der Waals surface area contributed by atoms with Gasteiger partial charge in [0.1, 0.15) is 0 Å². The van der Waals surface area contributed by atoms with Crippen LogP contribution in [0.15, 0.2) is 0 Å². The molecule has 0 amide bonds. The van der Waals surface area contributed by atoms with Crippen LogP contribution in [0.2, 0.25) is 0 Å². The summed E-state index contributed by atoms with van der Waals surface area (Å²) in [4.78, 5) is 7.78. The number of hydrogen-bond acceptors (Lipinski definition) is 3. The van der Waals surface area contributed by atoms with Crippen molar-refractivity contribution in [2.24, 2.45) is 0 Å². The van der Waals surface area contributed by atoms with Crippen molar-refractivity contribution in [3.05, 3.63) is 10.1 Å². The van der Waals surface area contributed by atoms with Crippen molar-refractivity contribution in [2.75, 3.05) is 0 Å². The van der Waals surface area contributed by atoms with E-state index < -0.39 is 10.9 Å². The summed E-state index contributed by atoms with van der Waals surface area (Å²) in [5.74, 6) is -3.28. The lowest BCUT2D eigenvalue weighted by Crippen LogP contribution is -2.27. The van der Waals surface area contributed by atoms with E-state index in [2.05, 4.69) is 0 Å². The molecule has 1 atom stereocenters. The van der Waals surface area contributed by atoms with E-state index in [0.717, 1.165) is 0 Å². The molecule has 5 heteroatoms. The lowest BCUT2D eigenvalue weighted by atomic mass is 10.6. The first-order valence-electron chi connectivity index (χ1n) is 1.50. The Hall–Kier alpha value is -0.710. The number of aliphatic hydroxyl groups is 1. The highest BCUT2D eigenvalue weighted by atomic mass is 19.2. The number of nitrogens with zero attached hydrogens (tertiary/aromatic N) is 1. The van der Waals surface area contributed by atoms with E-state index in [1.807, 2.05) is 0 Å². The quantitative estimate of drug-likeness (QED) is 0.221. The molecule has 0 fully saturated rings. The molecular weight excluding hydrogens is 105 g/mol. The number of rotatable bonds is 1. The minimum atomic E-state index is -3.28. The van der Waals surface area contributed by atoms with Gasteiger partial charge < -0.3 is 5.11 Å². The van der Waals surface area contributed by atoms with E-state index in [9.17, 15) is 14.5 Å². The molecule has 7 heavy (non-hydrogen) atoms. The minimum Gasteiger partial charge on any atom is -0.303 e. The first-order valence-corrected chi connectivity index (χ1v) is 1.50. The summed E-state index contributed by atoms with van der Waals surface area (Å²) in [6.45, 7) is 0.451. The first kappa shape index (κ1) is 6.29. The van der Waals surface area contributed by atoms with Crippen LogP contribution in [0.1, 0.15) is 6.92 Å². The molecule has 1 N–H and O–H groups in total. The fraction of sp³-hybridized carbons (Fsp3) is 1.00. The second kappa shape index (κ2) is 1.42. The van der Waals surface area contributed by atoms with Crippen molar-refractivity contribution in [3.8, 4) is 0 Å². The highest BCUT2D eigenvalue weighted by Gasteiger charge is 2.32. The highest BCUT2D eigenvalue weighted by Crippen LogP contribution is 2.02. The molecule has 0 heterocycles. The summed E-state index contributed by atoms with van der Waals surface area (Å²) in [7, 11) is 0. The summed E-state index contributed by atoms with van der Waals surface area (Å²) >= 11 is 0. The summed E-state index contributed by atoms with van der Waals surface area (Å²) < 4.78 is 11.4. The van der Waals surface area contributed by atoms with Crippen molar-refractivity contribution in [2.45, 2.75) is 12.9 Å². The fourth-order valence-electron chi connectivity index (χ4n) is 0. The number of nitro groups is 1. The van der Waals surface area contributed by atoms with Gasteiger partial charge in [-0.1, -0.05) is 0 Å². The molecule has 42 valence electrons. The zero-order valence-corrected chi connectivity index (χ0v) is 3.59. The van der Waals surface area contributed by atoms with Gasteiger partial charge in [0.15, 0.2) is 0 Å². The molecule has 0 aromatic heterocycles. The maximum Gasteiger partial charge on any atom is 0.470 e. The number of alkyl halides is 1. The Labute approximate surface area is 38.7 Å². The molecule has 0 aliphatic rings. The van der Waals surface area contributed by atoms with Gasteiger partial charge in [0.25, 0.3) is 0 Å². The topological polar surface area (TPSA) is 63.4 Å². The standard InChI is InChI=1S/C2H4FNO3/c1-2(3,5)4(6)7/h5H,1H3. The summed E-state index contributed by atoms with van der Waals surface area (Å²) in [6.07, 6.45) is 0. The van der Waals surface area contributed by atoms with Gasteiger partial charge >= 0.3 is 5.98 Å². The Morgan fingerprint density at radius 2 is 2.14 bits per heavy atom. The molecule has 0 aromatic rings. The predicted molar refractivity (Wildman–Crippen MR) is 18.7 cm³/mol. The van der Waals surface area contributed by atoms with Crippen molar-refractivity contribution in [3.63, 3.8) is 0 Å². The molecule has 0 aromatic carbocycles. The average Bonchev–Trinajstić information content (AvgIpc) is 1.31. The second-order valence-corrected chi connectivity index (χ2v) is 1.16. The van der Waals surface area contributed by atoms with Gasteiger partial charge in [-0.2, -0.15) is 0 Å². The Balaban J connectivity index is 3.79. The lowest BCUT2D eigenvalue weighted by Gasteiger charge is -1.98. The van der Waals surface area contributed by atoms with E-state index in [1.165, 1.54) is 0 Å². The van der Waals surface area contributed by atoms with Gasteiger partial charge in [-0.05, 0) is 0 Å². The monoisotopic (exact) mass is 109 g/mol. The Morgan fingerprint density at radius 3 is 2.14 bits per heavy atom. The molecule has 4 nitrogen and oxygen atoms in total. The van der Waals surface area contributed by atoms with Crippen molar-refractivity contribution in [1.82, 2.24) is 0 Å². The Morgan fingerprint density at radius 1 is 2.00 bits per heavy atom. The molecule has 0 saturated carbocycles. The van der Waals surface area contributed by atoms with Crippen LogP contribution in [0.5, 0.6) is 0 Å². The smallest absolute Gasteiger partial charge is 0.303 e. The SMILES string of the molecule is CC(O)(F)[N+](=O)[O-]. The molecule has 0 spiro atoms. The third-order valence-electron chi connectivity index (χ3n) is 0.333. The summed E-state index contributed by atoms with van der Waals surface area (Å²) in [5, 5.41) is 16.9. The van der Waals surface area contributed by atoms with E-state index in [4.69, 9.17) is 5.11 Å². The zero-order chi connectivity index (χ0) is 6.08. The largest absolute Gasteiger partial charge is 0.470 e. The molecular formula is C2H4FNO3. The zero-order valence-electron chi connectivity index (χ0n) is 3.59. The molecule has 1 unspecified atom stereocenters. The van der Waals surface area contributed by atoms with E-state index in [1.54, 1.807) is 0 Å². The van der Waals surface area contributed by atoms with Crippen molar-refractivity contribution < 1.29 is 14.4 Å². The van der Waals surface area contributed by atoms with Crippen LogP contribution >= 0.6 is 0 Å². The normalized spacial score (nSPS) is 18.1. The van der Waals surface area contributed by atoms with Gasteiger partial charge in [-0.3, -0.25) is 10.1 Å². The van der Waals surface area contributed by atoms with Crippen LogP contribution in [0, 0.1) is 10.1 Å². The van der Waals surface area contributed by atoms with Crippen LogP contribution in [0.4, 0.5) is 4.39 Å². The van der Waals surface area contributed by atoms with Crippen molar-refractivity contribution >= 4 is 0 Å². The average molecular weight is 109 g/mol. The molecule has 0 aliphatic carbocycles. The first-order chi connectivity index (χ1) is 2.94. The van der Waals surface area contributed by atoms with Crippen LogP contribution in [-0.2, 0) is 0 Å². The van der Waals surface area contributed by atoms with Crippen LogP contribution in [0.25, 0.3) is 0 Å². The molecule has 0 saturated heterocycles. The number of halogens is 1. The summed E-state index contributed by atoms with van der Waals surface area (Å²) in [6, 6.07) is 0. The lowest BCUT2D eigenvalue weighted by molar-refractivity contribution is -0.657. The Bertz CT molecular complexity index is 85.4. The molecule has 0 bridgehead atoms. The van der Waals surface area contributed by atoms with Crippen LogP contribution < -0.4 is 0 Å². The van der Waals surface area contributed by atoms with Crippen molar-refractivity contribution in [1.29, 1.82) is 0 Å². The maximum atomic E-state index is 11.4. The van der Waals surface area contributed by atoms with Gasteiger partial charge in [0, 0.05) is 0 Å². The molecule has 0 aliphatic heterocycles. The molecule has 0 radical (unpaired) electrons. The van der Waals surface area contributed by atoms with E-state index in [-0.39, 0.29) is 0 Å².